The largest absolute Gasteiger partial charge is 0.376 e. The van der Waals surface area contributed by atoms with Gasteiger partial charge in [0.25, 0.3) is 0 Å². The van der Waals surface area contributed by atoms with Crippen molar-refractivity contribution >= 4 is 16.9 Å². The number of ether oxygens (including phenoxy) is 1. The van der Waals surface area contributed by atoms with Crippen LogP contribution in [0.2, 0.25) is 0 Å². The number of nitrogens with one attached hydrogen (secondary N) is 1. The highest BCUT2D eigenvalue weighted by Crippen LogP contribution is 2.16. The Morgan fingerprint density at radius 3 is 2.65 bits per heavy atom. The van der Waals surface area contributed by atoms with Crippen LogP contribution in [0, 0.1) is 0 Å². The molecule has 2 heterocycles. The number of fused-ring (bicyclic) bond motifs is 1. The molecule has 6 heteroatoms. The van der Waals surface area contributed by atoms with E-state index in [1.54, 1.807) is 4.57 Å². The number of nitrogens with zero attached hydrogens (tertiary/aromatic N) is 2. The number of para-hydroxylation sites is 2. The molecule has 1 amide bonds. The number of rotatable bonds is 5. The molecule has 1 aromatic heterocycles. The normalized spacial score (nSPS) is 19.1. The number of carbonyl (C=O) groups excluding carboxylic acids is 1. The van der Waals surface area contributed by atoms with Crippen molar-refractivity contribution in [1.29, 1.82) is 0 Å². The third kappa shape index (κ3) is 3.03. The Balaban J connectivity index is 1.79. The molecule has 1 fully saturated rings. The Hall–Kier alpha value is -2.08. The fourth-order valence-electron chi connectivity index (χ4n) is 3.26. The third-order valence-electron chi connectivity index (χ3n) is 4.45. The fourth-order valence-corrected chi connectivity index (χ4v) is 3.26. The van der Waals surface area contributed by atoms with Crippen LogP contribution in [0.25, 0.3) is 11.0 Å². The van der Waals surface area contributed by atoms with Gasteiger partial charge in [0.15, 0.2) is 0 Å². The van der Waals surface area contributed by atoms with E-state index < -0.39 is 0 Å². The van der Waals surface area contributed by atoms with Gasteiger partial charge in [-0.2, -0.15) is 0 Å². The first kappa shape index (κ1) is 15.8. The predicted molar refractivity (Wildman–Crippen MR) is 88.5 cm³/mol. The first-order valence-electron chi connectivity index (χ1n) is 8.21. The maximum Gasteiger partial charge on any atom is 0.329 e. The van der Waals surface area contributed by atoms with E-state index in [-0.39, 0.29) is 30.3 Å². The van der Waals surface area contributed by atoms with E-state index in [0.717, 1.165) is 30.5 Å². The zero-order chi connectivity index (χ0) is 16.4. The van der Waals surface area contributed by atoms with Crippen LogP contribution in [0.4, 0.5) is 0 Å². The maximum atomic E-state index is 12.5. The van der Waals surface area contributed by atoms with Gasteiger partial charge in [-0.05, 0) is 38.8 Å². The number of imidazole rings is 1. The van der Waals surface area contributed by atoms with E-state index in [0.29, 0.717) is 6.54 Å². The van der Waals surface area contributed by atoms with Gasteiger partial charge in [0.05, 0.1) is 23.2 Å². The lowest BCUT2D eigenvalue weighted by Gasteiger charge is -2.20. The van der Waals surface area contributed by atoms with Crippen molar-refractivity contribution in [3.05, 3.63) is 34.7 Å². The number of carbonyl (C=O) groups is 1. The molecule has 124 valence electrons. The fraction of sp³-hybridized carbons (Fsp3) is 0.529. The molecule has 3 rings (SSSR count). The second kappa shape index (κ2) is 6.58. The molecule has 2 aromatic rings. The molecule has 1 saturated heterocycles. The SMILES string of the molecule is CCn1c(=O)n(CC(=O)N[C@@H](C)[C@@H]2CCCO2)c2ccccc21. The van der Waals surface area contributed by atoms with Crippen molar-refractivity contribution < 1.29 is 9.53 Å². The molecule has 0 aliphatic carbocycles. The smallest absolute Gasteiger partial charge is 0.329 e. The molecule has 0 spiro atoms. The molecule has 23 heavy (non-hydrogen) atoms. The summed E-state index contributed by atoms with van der Waals surface area (Å²) in [7, 11) is 0. The predicted octanol–water partition coefficient (Wildman–Crippen LogP) is 1.51. The molecule has 1 aliphatic heterocycles. The van der Waals surface area contributed by atoms with Gasteiger partial charge in [0, 0.05) is 13.2 Å². The second-order valence-electron chi connectivity index (χ2n) is 6.01. The average molecular weight is 317 g/mol. The zero-order valence-electron chi connectivity index (χ0n) is 13.6. The summed E-state index contributed by atoms with van der Waals surface area (Å²) in [6, 6.07) is 7.52. The monoisotopic (exact) mass is 317 g/mol. The quantitative estimate of drug-likeness (QED) is 0.909. The van der Waals surface area contributed by atoms with Gasteiger partial charge >= 0.3 is 5.69 Å². The highest BCUT2D eigenvalue weighted by Gasteiger charge is 2.24. The van der Waals surface area contributed by atoms with E-state index in [1.807, 2.05) is 38.1 Å². The lowest BCUT2D eigenvalue weighted by molar-refractivity contribution is -0.123. The third-order valence-corrected chi connectivity index (χ3v) is 4.45. The van der Waals surface area contributed by atoms with Gasteiger partial charge in [-0.15, -0.1) is 0 Å². The topological polar surface area (TPSA) is 65.3 Å². The second-order valence-corrected chi connectivity index (χ2v) is 6.01. The summed E-state index contributed by atoms with van der Waals surface area (Å²) < 4.78 is 8.82. The van der Waals surface area contributed by atoms with E-state index in [2.05, 4.69) is 5.32 Å². The molecule has 0 unspecified atom stereocenters. The summed E-state index contributed by atoms with van der Waals surface area (Å²) in [4.78, 5) is 24.9. The van der Waals surface area contributed by atoms with Crippen LogP contribution in [0.15, 0.2) is 29.1 Å². The molecule has 1 aliphatic rings. The van der Waals surface area contributed by atoms with Crippen molar-refractivity contribution in [2.24, 2.45) is 0 Å². The van der Waals surface area contributed by atoms with Crippen LogP contribution in [-0.2, 0) is 22.6 Å². The van der Waals surface area contributed by atoms with Crippen molar-refractivity contribution in [3.63, 3.8) is 0 Å². The molecular formula is C17H23N3O3. The molecule has 0 saturated carbocycles. The first-order valence-corrected chi connectivity index (χ1v) is 8.21. The van der Waals surface area contributed by atoms with Crippen LogP contribution in [0.3, 0.4) is 0 Å². The van der Waals surface area contributed by atoms with Gasteiger partial charge in [0.2, 0.25) is 5.91 Å². The molecule has 2 atom stereocenters. The minimum absolute atomic E-state index is 0.0312. The summed E-state index contributed by atoms with van der Waals surface area (Å²) in [5.74, 6) is -0.158. The van der Waals surface area contributed by atoms with Crippen molar-refractivity contribution in [2.45, 2.75) is 51.9 Å². The first-order chi connectivity index (χ1) is 11.1. The maximum absolute atomic E-state index is 12.5. The zero-order valence-corrected chi connectivity index (χ0v) is 13.6. The minimum atomic E-state index is -0.158. The van der Waals surface area contributed by atoms with Crippen LogP contribution in [0.1, 0.15) is 26.7 Å². The van der Waals surface area contributed by atoms with Gasteiger partial charge in [0.1, 0.15) is 6.54 Å². The Kier molecular flexibility index (Phi) is 4.52. The van der Waals surface area contributed by atoms with Crippen LogP contribution in [-0.4, -0.2) is 33.8 Å². The van der Waals surface area contributed by atoms with Gasteiger partial charge in [-0.1, -0.05) is 12.1 Å². The van der Waals surface area contributed by atoms with E-state index in [4.69, 9.17) is 4.74 Å². The Morgan fingerprint density at radius 2 is 2.04 bits per heavy atom. The Bertz CT molecular complexity index is 756. The van der Waals surface area contributed by atoms with Gasteiger partial charge in [-0.25, -0.2) is 4.79 Å². The van der Waals surface area contributed by atoms with Crippen LogP contribution in [0.5, 0.6) is 0 Å². The van der Waals surface area contributed by atoms with E-state index >= 15 is 0 Å². The number of aromatic nitrogens is 2. The number of benzene rings is 1. The lowest BCUT2D eigenvalue weighted by Crippen LogP contribution is -2.43. The van der Waals surface area contributed by atoms with Crippen LogP contribution < -0.4 is 11.0 Å². The molecule has 0 bridgehead atoms. The van der Waals surface area contributed by atoms with Crippen molar-refractivity contribution in [2.75, 3.05) is 6.61 Å². The molecule has 1 aromatic carbocycles. The van der Waals surface area contributed by atoms with E-state index in [1.165, 1.54) is 4.57 Å². The summed E-state index contributed by atoms with van der Waals surface area (Å²) >= 11 is 0. The number of amides is 1. The number of hydrogen-bond acceptors (Lipinski definition) is 3. The molecule has 6 nitrogen and oxygen atoms in total. The molecule has 1 N–H and O–H groups in total. The number of hydrogen-bond donors (Lipinski definition) is 1. The average Bonchev–Trinajstić information content (AvgIpc) is 3.15. The molecule has 0 radical (unpaired) electrons. The summed E-state index contributed by atoms with van der Waals surface area (Å²) in [6.45, 7) is 5.25. The Labute approximate surface area is 135 Å². The minimum Gasteiger partial charge on any atom is -0.376 e. The Morgan fingerprint density at radius 1 is 1.35 bits per heavy atom. The number of aryl methyl sites for hydroxylation is 1. The summed E-state index contributed by atoms with van der Waals surface area (Å²) in [5.41, 5.74) is 1.51. The molecular weight excluding hydrogens is 294 g/mol. The van der Waals surface area contributed by atoms with Gasteiger partial charge in [-0.3, -0.25) is 13.9 Å². The highest BCUT2D eigenvalue weighted by atomic mass is 16.5. The van der Waals surface area contributed by atoms with Crippen molar-refractivity contribution in [1.82, 2.24) is 14.5 Å². The van der Waals surface area contributed by atoms with Crippen molar-refractivity contribution in [3.8, 4) is 0 Å². The van der Waals surface area contributed by atoms with E-state index in [9.17, 15) is 9.59 Å². The highest BCUT2D eigenvalue weighted by molar-refractivity contribution is 5.81. The summed E-state index contributed by atoms with van der Waals surface area (Å²) in [6.07, 6.45) is 2.08. The van der Waals surface area contributed by atoms with Crippen LogP contribution >= 0.6 is 0 Å². The summed E-state index contributed by atoms with van der Waals surface area (Å²) in [5, 5.41) is 2.96. The lowest BCUT2D eigenvalue weighted by atomic mass is 10.1. The standard InChI is InChI=1S/C17H23N3O3/c1-3-19-13-7-4-5-8-14(13)20(17(19)22)11-16(21)18-12(2)15-9-6-10-23-15/h4-5,7-8,12,15H,3,6,9-11H2,1-2H3,(H,18,21)/t12-,15-/m0/s1. The van der Waals surface area contributed by atoms with Gasteiger partial charge < -0.3 is 10.1 Å².